The highest BCUT2D eigenvalue weighted by atomic mass is 16.5. The molecule has 4 nitrogen and oxygen atoms in total. The van der Waals surface area contributed by atoms with Gasteiger partial charge in [-0.15, -0.1) is 0 Å². The first kappa shape index (κ1) is 13.7. The van der Waals surface area contributed by atoms with Crippen LogP contribution in [0.4, 0.5) is 0 Å². The Bertz CT molecular complexity index is 460. The molecule has 1 saturated carbocycles. The second kappa shape index (κ2) is 5.53. The summed E-state index contributed by atoms with van der Waals surface area (Å²) in [6.07, 6.45) is 0.784. The Morgan fingerprint density at radius 2 is 1.89 bits per heavy atom. The smallest absolute Gasteiger partial charge is 0.319 e. The molecule has 19 heavy (non-hydrogen) atoms. The van der Waals surface area contributed by atoms with Crippen LogP contribution in [0.15, 0.2) is 30.3 Å². The molecule has 0 saturated heterocycles. The van der Waals surface area contributed by atoms with E-state index in [4.69, 9.17) is 9.47 Å². The lowest BCUT2D eigenvalue weighted by Gasteiger charge is -2.42. The highest BCUT2D eigenvalue weighted by Gasteiger charge is 2.55. The van der Waals surface area contributed by atoms with Gasteiger partial charge < -0.3 is 9.47 Å². The van der Waals surface area contributed by atoms with Gasteiger partial charge in [-0.3, -0.25) is 9.59 Å². The van der Waals surface area contributed by atoms with Crippen LogP contribution >= 0.6 is 0 Å². The summed E-state index contributed by atoms with van der Waals surface area (Å²) >= 11 is 0. The molecule has 1 aliphatic carbocycles. The van der Waals surface area contributed by atoms with Crippen LogP contribution in [0.25, 0.3) is 0 Å². The van der Waals surface area contributed by atoms with Gasteiger partial charge in [0, 0.05) is 0 Å². The van der Waals surface area contributed by atoms with Crippen molar-refractivity contribution < 1.29 is 19.1 Å². The number of hydrogen-bond acceptors (Lipinski definition) is 4. The molecule has 1 aromatic carbocycles. The SMILES string of the molecule is COC(=O)C1(C(C)=O)CC(OCc2ccccc2)C1. The van der Waals surface area contributed by atoms with E-state index in [0.29, 0.717) is 19.4 Å². The molecule has 0 radical (unpaired) electrons. The largest absolute Gasteiger partial charge is 0.468 e. The van der Waals surface area contributed by atoms with Gasteiger partial charge in [-0.2, -0.15) is 0 Å². The Morgan fingerprint density at radius 1 is 1.26 bits per heavy atom. The second-order valence-corrected chi connectivity index (χ2v) is 4.96. The number of ketones is 1. The summed E-state index contributed by atoms with van der Waals surface area (Å²) < 4.78 is 10.4. The summed E-state index contributed by atoms with van der Waals surface area (Å²) in [5.74, 6) is -0.585. The van der Waals surface area contributed by atoms with Crippen LogP contribution in [0, 0.1) is 5.41 Å². The van der Waals surface area contributed by atoms with Gasteiger partial charge in [0.05, 0.1) is 19.8 Å². The number of carbonyl (C=O) groups excluding carboxylic acids is 2. The van der Waals surface area contributed by atoms with Crippen molar-refractivity contribution in [3.63, 3.8) is 0 Å². The first-order valence-corrected chi connectivity index (χ1v) is 6.33. The molecule has 0 spiro atoms. The summed E-state index contributed by atoms with van der Waals surface area (Å²) in [6.45, 7) is 1.94. The molecule has 0 amide bonds. The zero-order valence-corrected chi connectivity index (χ0v) is 11.2. The molecule has 0 N–H and O–H groups in total. The molecule has 0 aromatic heterocycles. The molecule has 1 aliphatic rings. The predicted octanol–water partition coefficient (Wildman–Crippen LogP) is 2.11. The van der Waals surface area contributed by atoms with Gasteiger partial charge in [-0.25, -0.2) is 0 Å². The molecule has 102 valence electrons. The van der Waals surface area contributed by atoms with Crippen molar-refractivity contribution in [3.05, 3.63) is 35.9 Å². The summed E-state index contributed by atoms with van der Waals surface area (Å²) in [6, 6.07) is 9.82. The maximum Gasteiger partial charge on any atom is 0.319 e. The van der Waals surface area contributed by atoms with Crippen LogP contribution in [0.2, 0.25) is 0 Å². The lowest BCUT2D eigenvalue weighted by molar-refractivity contribution is -0.176. The number of rotatable bonds is 5. The highest BCUT2D eigenvalue weighted by Crippen LogP contribution is 2.44. The standard InChI is InChI=1S/C15H18O4/c1-11(16)15(14(17)18-2)8-13(9-15)19-10-12-6-4-3-5-7-12/h3-7,13H,8-10H2,1-2H3. The van der Waals surface area contributed by atoms with Gasteiger partial charge >= 0.3 is 5.97 Å². The molecule has 1 fully saturated rings. The molecule has 0 bridgehead atoms. The minimum absolute atomic E-state index is 0.0526. The second-order valence-electron chi connectivity index (χ2n) is 4.96. The van der Waals surface area contributed by atoms with E-state index in [1.165, 1.54) is 14.0 Å². The van der Waals surface area contributed by atoms with Crippen molar-refractivity contribution in [3.8, 4) is 0 Å². The van der Waals surface area contributed by atoms with Gasteiger partial charge in [0.25, 0.3) is 0 Å². The zero-order valence-electron chi connectivity index (χ0n) is 11.2. The highest BCUT2D eigenvalue weighted by molar-refractivity contribution is 6.03. The van der Waals surface area contributed by atoms with Crippen LogP contribution in [0.5, 0.6) is 0 Å². The van der Waals surface area contributed by atoms with E-state index >= 15 is 0 Å². The first-order chi connectivity index (χ1) is 9.08. The van der Waals surface area contributed by atoms with Crippen LogP contribution in [-0.4, -0.2) is 25.0 Å². The van der Waals surface area contributed by atoms with Gasteiger partial charge in [0.1, 0.15) is 11.2 Å². The van der Waals surface area contributed by atoms with Crippen molar-refractivity contribution in [1.82, 2.24) is 0 Å². The van der Waals surface area contributed by atoms with Crippen LogP contribution in [0.1, 0.15) is 25.3 Å². The number of esters is 1. The number of benzene rings is 1. The topological polar surface area (TPSA) is 52.6 Å². The average Bonchev–Trinajstić information content (AvgIpc) is 2.37. The van der Waals surface area contributed by atoms with Gasteiger partial charge in [-0.05, 0) is 25.3 Å². The maximum absolute atomic E-state index is 11.7. The number of Topliss-reactive ketones (excluding diaryl/α,β-unsaturated/α-hetero) is 1. The molecule has 1 aromatic rings. The van der Waals surface area contributed by atoms with Crippen molar-refractivity contribution in [2.75, 3.05) is 7.11 Å². The first-order valence-electron chi connectivity index (χ1n) is 6.33. The van der Waals surface area contributed by atoms with E-state index < -0.39 is 11.4 Å². The number of hydrogen-bond donors (Lipinski definition) is 0. The van der Waals surface area contributed by atoms with Crippen LogP contribution < -0.4 is 0 Å². The Labute approximate surface area is 112 Å². The zero-order chi connectivity index (χ0) is 13.9. The lowest BCUT2D eigenvalue weighted by Crippen LogP contribution is -2.52. The van der Waals surface area contributed by atoms with Crippen molar-refractivity contribution in [2.24, 2.45) is 5.41 Å². The number of ether oxygens (including phenoxy) is 2. The minimum Gasteiger partial charge on any atom is -0.468 e. The van der Waals surface area contributed by atoms with Crippen LogP contribution in [0.3, 0.4) is 0 Å². The summed E-state index contributed by atoms with van der Waals surface area (Å²) in [5.41, 5.74) is 0.108. The quantitative estimate of drug-likeness (QED) is 0.602. The Morgan fingerprint density at radius 3 is 2.42 bits per heavy atom. The Hall–Kier alpha value is -1.68. The fraction of sp³-hybridized carbons (Fsp3) is 0.467. The Balaban J connectivity index is 1.88. The van der Waals surface area contributed by atoms with Gasteiger partial charge in [0.15, 0.2) is 0 Å². The van der Waals surface area contributed by atoms with Gasteiger partial charge in [-0.1, -0.05) is 30.3 Å². The lowest BCUT2D eigenvalue weighted by atomic mass is 9.64. The molecule has 0 unspecified atom stereocenters. The Kier molecular flexibility index (Phi) is 4.00. The summed E-state index contributed by atoms with van der Waals surface area (Å²) in [5, 5.41) is 0. The van der Waals surface area contributed by atoms with Crippen molar-refractivity contribution >= 4 is 11.8 Å². The number of carbonyl (C=O) groups is 2. The molecule has 0 heterocycles. The van der Waals surface area contributed by atoms with E-state index in [9.17, 15) is 9.59 Å². The number of methoxy groups -OCH3 is 1. The van der Waals surface area contributed by atoms with Crippen LogP contribution in [-0.2, 0) is 25.7 Å². The molecule has 4 heteroatoms. The van der Waals surface area contributed by atoms with Crippen molar-refractivity contribution in [2.45, 2.75) is 32.5 Å². The van der Waals surface area contributed by atoms with E-state index in [2.05, 4.69) is 0 Å². The minimum atomic E-state index is -0.976. The third-order valence-corrected chi connectivity index (χ3v) is 3.73. The molecule has 0 aliphatic heterocycles. The summed E-state index contributed by atoms with van der Waals surface area (Å²) in [4.78, 5) is 23.3. The van der Waals surface area contributed by atoms with E-state index in [1.807, 2.05) is 30.3 Å². The predicted molar refractivity (Wildman–Crippen MR) is 69.4 cm³/mol. The fourth-order valence-corrected chi connectivity index (χ4v) is 2.42. The molecular weight excluding hydrogens is 244 g/mol. The summed E-state index contributed by atoms with van der Waals surface area (Å²) in [7, 11) is 1.31. The molecular formula is C15H18O4. The van der Waals surface area contributed by atoms with Gasteiger partial charge in [0.2, 0.25) is 0 Å². The normalized spacial score (nSPS) is 25.5. The fourth-order valence-electron chi connectivity index (χ4n) is 2.42. The molecule has 2 rings (SSSR count). The third-order valence-electron chi connectivity index (χ3n) is 3.73. The van der Waals surface area contributed by atoms with E-state index in [1.54, 1.807) is 0 Å². The monoisotopic (exact) mass is 262 g/mol. The van der Waals surface area contributed by atoms with E-state index in [-0.39, 0.29) is 11.9 Å². The maximum atomic E-state index is 11.7. The van der Waals surface area contributed by atoms with E-state index in [0.717, 1.165) is 5.56 Å². The molecule has 0 atom stereocenters. The van der Waals surface area contributed by atoms with Crippen molar-refractivity contribution in [1.29, 1.82) is 0 Å². The average molecular weight is 262 g/mol. The third kappa shape index (κ3) is 2.68.